The maximum atomic E-state index is 5.17. The van der Waals surface area contributed by atoms with Crippen molar-refractivity contribution in [1.82, 2.24) is 18.9 Å². The first-order valence-electron chi connectivity index (χ1n) is 13.5. The molecule has 0 atom stereocenters. The van der Waals surface area contributed by atoms with Crippen LogP contribution < -0.4 is 0 Å². The van der Waals surface area contributed by atoms with Crippen molar-refractivity contribution in [1.29, 1.82) is 0 Å². The van der Waals surface area contributed by atoms with E-state index in [2.05, 4.69) is 117 Å². The highest BCUT2D eigenvalue weighted by Gasteiger charge is 2.20. The van der Waals surface area contributed by atoms with E-state index in [1.807, 2.05) is 30.5 Å². The van der Waals surface area contributed by atoms with Crippen LogP contribution in [0.2, 0.25) is 0 Å². The van der Waals surface area contributed by atoms with E-state index in [0.717, 1.165) is 22.7 Å². The lowest BCUT2D eigenvalue weighted by atomic mass is 10.0. The predicted molar refractivity (Wildman–Crippen MR) is 165 cm³/mol. The highest BCUT2D eigenvalue weighted by atomic mass is 15.1. The highest BCUT2D eigenvalue weighted by Crippen LogP contribution is 2.42. The fourth-order valence-corrected chi connectivity index (χ4v) is 6.48. The molecule has 0 spiro atoms. The first-order valence-corrected chi connectivity index (χ1v) is 13.5. The minimum absolute atomic E-state index is 0.855. The summed E-state index contributed by atoms with van der Waals surface area (Å²) in [6.07, 6.45) is 1.82. The van der Waals surface area contributed by atoms with Gasteiger partial charge in [0.05, 0.1) is 39.0 Å². The molecular formula is C36H22N4. The molecule has 0 fully saturated rings. The van der Waals surface area contributed by atoms with Gasteiger partial charge in [-0.15, -0.1) is 0 Å². The van der Waals surface area contributed by atoms with Crippen LogP contribution in [0.5, 0.6) is 0 Å². The van der Waals surface area contributed by atoms with Crippen LogP contribution in [0.15, 0.2) is 134 Å². The van der Waals surface area contributed by atoms with Gasteiger partial charge in [-0.2, -0.15) is 0 Å². The van der Waals surface area contributed by atoms with Crippen molar-refractivity contribution in [3.05, 3.63) is 134 Å². The van der Waals surface area contributed by atoms with Gasteiger partial charge in [-0.1, -0.05) is 78.9 Å². The monoisotopic (exact) mass is 510 g/mol. The first-order chi connectivity index (χ1) is 19.9. The molecule has 0 aliphatic carbocycles. The van der Waals surface area contributed by atoms with Crippen LogP contribution in [-0.2, 0) is 0 Å². The van der Waals surface area contributed by atoms with Gasteiger partial charge in [0, 0.05) is 33.1 Å². The molecule has 5 heterocycles. The van der Waals surface area contributed by atoms with Crippen molar-refractivity contribution in [3.8, 4) is 17.2 Å². The van der Waals surface area contributed by atoms with E-state index in [1.165, 1.54) is 54.4 Å². The number of rotatable bonds is 2. The molecule has 4 heteroatoms. The van der Waals surface area contributed by atoms with Crippen LogP contribution in [0.4, 0.5) is 0 Å². The van der Waals surface area contributed by atoms with Gasteiger partial charge in [0.25, 0.3) is 0 Å². The van der Waals surface area contributed by atoms with Gasteiger partial charge in [0.15, 0.2) is 0 Å². The largest absolute Gasteiger partial charge is 0.309 e. The fourth-order valence-electron chi connectivity index (χ4n) is 6.48. The zero-order valence-electron chi connectivity index (χ0n) is 21.5. The number of fused-ring (bicyclic) bond motifs is 12. The van der Waals surface area contributed by atoms with E-state index in [9.17, 15) is 0 Å². The van der Waals surface area contributed by atoms with Crippen molar-refractivity contribution in [2.24, 2.45) is 0 Å². The number of hydrogen-bond acceptors (Lipinski definition) is 2. The Labute approximate surface area is 229 Å². The zero-order valence-corrected chi connectivity index (χ0v) is 21.5. The number of aromatic nitrogens is 4. The summed E-state index contributed by atoms with van der Waals surface area (Å²) in [4.78, 5) is 9.74. The molecular weight excluding hydrogens is 488 g/mol. The molecule has 4 nitrogen and oxygen atoms in total. The molecule has 0 saturated carbocycles. The van der Waals surface area contributed by atoms with Gasteiger partial charge in [0.1, 0.15) is 5.82 Å². The van der Waals surface area contributed by atoms with Crippen LogP contribution in [0.1, 0.15) is 0 Å². The van der Waals surface area contributed by atoms with Crippen LogP contribution in [0, 0.1) is 0 Å². The van der Waals surface area contributed by atoms with Crippen LogP contribution in [0.25, 0.3) is 77.1 Å². The van der Waals surface area contributed by atoms with Gasteiger partial charge in [0.2, 0.25) is 0 Å². The van der Waals surface area contributed by atoms with Gasteiger partial charge in [-0.05, 0) is 53.9 Å². The number of nitrogens with zero attached hydrogens (tertiary/aromatic N) is 4. The third-order valence-electron chi connectivity index (χ3n) is 8.13. The van der Waals surface area contributed by atoms with Crippen molar-refractivity contribution in [2.45, 2.75) is 0 Å². The van der Waals surface area contributed by atoms with Gasteiger partial charge < -0.3 is 4.40 Å². The zero-order chi connectivity index (χ0) is 26.2. The average molecular weight is 511 g/mol. The van der Waals surface area contributed by atoms with Crippen molar-refractivity contribution < 1.29 is 0 Å². The van der Waals surface area contributed by atoms with E-state index in [4.69, 9.17) is 4.98 Å². The summed E-state index contributed by atoms with van der Waals surface area (Å²) in [6.45, 7) is 0. The van der Waals surface area contributed by atoms with Crippen LogP contribution in [-0.4, -0.2) is 18.9 Å². The summed E-state index contributed by atoms with van der Waals surface area (Å²) in [6, 6.07) is 45.1. The number of hydrogen-bond donors (Lipinski definition) is 0. The lowest BCUT2D eigenvalue weighted by Gasteiger charge is -2.14. The highest BCUT2D eigenvalue weighted by molar-refractivity contribution is 6.28. The van der Waals surface area contributed by atoms with E-state index in [-0.39, 0.29) is 0 Å². The molecule has 186 valence electrons. The molecule has 9 aromatic rings. The molecule has 0 N–H and O–H groups in total. The fraction of sp³-hybridized carbons (Fsp3) is 0. The Balaban J connectivity index is 1.53. The molecule has 0 aliphatic rings. The third-order valence-corrected chi connectivity index (χ3v) is 8.13. The Morgan fingerprint density at radius 1 is 0.475 bits per heavy atom. The van der Waals surface area contributed by atoms with Crippen molar-refractivity contribution in [2.75, 3.05) is 0 Å². The minimum Gasteiger partial charge on any atom is -0.309 e. The smallest absolute Gasteiger partial charge is 0.138 e. The molecule has 0 aliphatic heterocycles. The molecule has 0 unspecified atom stereocenters. The summed E-state index contributed by atoms with van der Waals surface area (Å²) in [5, 5.41) is 7.37. The third kappa shape index (κ3) is 2.85. The molecule has 0 amide bonds. The summed E-state index contributed by atoms with van der Waals surface area (Å²) < 4.78 is 4.76. The standard InChI is InChI=1S/C36H22N4/c1-4-15-30-23(10-1)22-33-35-26(24-11-2-5-16-31(24)39(30)33)19-20-27-25-12-3-6-17-32(25)40(36(27)35)34-18-9-14-29(38-34)28-13-7-8-21-37-28/h1-22H. The summed E-state index contributed by atoms with van der Waals surface area (Å²) in [5.41, 5.74) is 7.65. The number of pyridine rings is 3. The quantitative estimate of drug-likeness (QED) is 0.218. The molecule has 4 aromatic carbocycles. The Kier molecular flexibility index (Phi) is 4.30. The van der Waals surface area contributed by atoms with Crippen LogP contribution >= 0.6 is 0 Å². The SMILES string of the molecule is c1ccc(-c2cccc(-n3c4ccccc4c4ccc5c6ccccc6n6c7ccccc7cc6c5c43)n2)nc1. The van der Waals surface area contributed by atoms with Gasteiger partial charge in [-0.3, -0.25) is 9.55 Å². The van der Waals surface area contributed by atoms with Gasteiger partial charge in [-0.25, -0.2) is 4.98 Å². The lowest BCUT2D eigenvalue weighted by Crippen LogP contribution is -2.00. The van der Waals surface area contributed by atoms with E-state index in [1.54, 1.807) is 0 Å². The number of para-hydroxylation sites is 3. The van der Waals surface area contributed by atoms with E-state index < -0.39 is 0 Å². The Hall–Kier alpha value is -5.48. The average Bonchev–Trinajstić information content (AvgIpc) is 3.58. The minimum atomic E-state index is 0.855. The Bertz CT molecular complexity index is 2430. The number of benzene rings is 4. The van der Waals surface area contributed by atoms with Crippen LogP contribution in [0.3, 0.4) is 0 Å². The first kappa shape index (κ1) is 21.5. The maximum absolute atomic E-state index is 5.17. The van der Waals surface area contributed by atoms with Crippen molar-refractivity contribution >= 4 is 59.9 Å². The molecule has 9 rings (SSSR count). The van der Waals surface area contributed by atoms with Crippen molar-refractivity contribution in [3.63, 3.8) is 0 Å². The molecule has 0 radical (unpaired) electrons. The Morgan fingerprint density at radius 3 is 2.02 bits per heavy atom. The summed E-state index contributed by atoms with van der Waals surface area (Å²) in [7, 11) is 0. The molecule has 0 saturated heterocycles. The lowest BCUT2D eigenvalue weighted by molar-refractivity contribution is 1.08. The van der Waals surface area contributed by atoms with E-state index in [0.29, 0.717) is 0 Å². The summed E-state index contributed by atoms with van der Waals surface area (Å²) in [5.74, 6) is 0.879. The van der Waals surface area contributed by atoms with E-state index >= 15 is 0 Å². The summed E-state index contributed by atoms with van der Waals surface area (Å²) >= 11 is 0. The topological polar surface area (TPSA) is 35.1 Å². The normalized spacial score (nSPS) is 12.0. The second kappa shape index (κ2) is 8.01. The molecule has 0 bridgehead atoms. The second-order valence-corrected chi connectivity index (χ2v) is 10.3. The molecule has 40 heavy (non-hydrogen) atoms. The predicted octanol–water partition coefficient (Wildman–Crippen LogP) is 8.95. The molecule has 5 aromatic heterocycles. The Morgan fingerprint density at radius 2 is 1.18 bits per heavy atom. The maximum Gasteiger partial charge on any atom is 0.138 e. The van der Waals surface area contributed by atoms with Gasteiger partial charge >= 0.3 is 0 Å². The second-order valence-electron chi connectivity index (χ2n) is 10.3.